The van der Waals surface area contributed by atoms with Crippen molar-refractivity contribution < 1.29 is 22.9 Å². The maximum atomic E-state index is 12.8. The second-order valence-corrected chi connectivity index (χ2v) is 3.79. The van der Waals surface area contributed by atoms with Crippen LogP contribution in [0.1, 0.15) is 12.5 Å². The zero-order chi connectivity index (χ0) is 15.3. The number of hydrogen-bond donors (Lipinski definition) is 2. The van der Waals surface area contributed by atoms with Crippen molar-refractivity contribution in [3.05, 3.63) is 33.9 Å². The van der Waals surface area contributed by atoms with Crippen LogP contribution in [0.3, 0.4) is 0 Å². The van der Waals surface area contributed by atoms with E-state index >= 15 is 0 Å². The van der Waals surface area contributed by atoms with E-state index in [1.165, 1.54) is 0 Å². The third-order valence-electron chi connectivity index (χ3n) is 2.33. The van der Waals surface area contributed by atoms with Gasteiger partial charge in [-0.2, -0.15) is 13.2 Å². The molecule has 0 heterocycles. The van der Waals surface area contributed by atoms with E-state index in [9.17, 15) is 28.1 Å². The Bertz CT molecular complexity index is 517. The van der Waals surface area contributed by atoms with E-state index in [2.05, 4.69) is 10.6 Å². The minimum absolute atomic E-state index is 0.352. The molecule has 0 bridgehead atoms. The summed E-state index contributed by atoms with van der Waals surface area (Å²) in [4.78, 5) is 20.8. The molecule has 6 nitrogen and oxygen atoms in total. The van der Waals surface area contributed by atoms with Crippen molar-refractivity contribution in [3.63, 3.8) is 0 Å². The Hall–Kier alpha value is -2.32. The average Bonchev–Trinajstić information content (AvgIpc) is 2.35. The Morgan fingerprint density at radius 2 is 2.05 bits per heavy atom. The van der Waals surface area contributed by atoms with Crippen molar-refractivity contribution in [2.45, 2.75) is 13.1 Å². The molecule has 0 fully saturated rings. The molecule has 1 rings (SSSR count). The van der Waals surface area contributed by atoms with E-state index in [4.69, 9.17) is 0 Å². The van der Waals surface area contributed by atoms with Gasteiger partial charge in [-0.05, 0) is 13.0 Å². The number of carbonyl (C=O) groups is 1. The number of nitro groups is 1. The highest BCUT2D eigenvalue weighted by atomic mass is 19.4. The molecule has 0 radical (unpaired) electrons. The first-order valence-electron chi connectivity index (χ1n) is 5.62. The van der Waals surface area contributed by atoms with Crippen molar-refractivity contribution in [3.8, 4) is 0 Å². The Morgan fingerprint density at radius 1 is 1.40 bits per heavy atom. The molecule has 0 saturated carbocycles. The van der Waals surface area contributed by atoms with E-state index in [1.54, 1.807) is 6.92 Å². The number of nitrogens with one attached hydrogen (secondary N) is 2. The van der Waals surface area contributed by atoms with Gasteiger partial charge in [0.05, 0.1) is 17.0 Å². The summed E-state index contributed by atoms with van der Waals surface area (Å²) in [5.74, 6) is -0.473. The van der Waals surface area contributed by atoms with E-state index in [0.29, 0.717) is 12.6 Å². The highest BCUT2D eigenvalue weighted by Gasteiger charge is 2.35. The van der Waals surface area contributed by atoms with Crippen LogP contribution >= 0.6 is 0 Å². The van der Waals surface area contributed by atoms with Crippen LogP contribution in [0.15, 0.2) is 18.2 Å². The van der Waals surface area contributed by atoms with Crippen molar-refractivity contribution in [1.29, 1.82) is 0 Å². The first-order valence-corrected chi connectivity index (χ1v) is 5.62. The molecule has 1 aromatic carbocycles. The lowest BCUT2D eigenvalue weighted by Crippen LogP contribution is -2.30. The van der Waals surface area contributed by atoms with Gasteiger partial charge in [0.2, 0.25) is 5.91 Å². The van der Waals surface area contributed by atoms with E-state index in [-0.39, 0.29) is 12.2 Å². The van der Waals surface area contributed by atoms with Crippen molar-refractivity contribution >= 4 is 17.3 Å². The predicted octanol–water partition coefficient (Wildman–Crippen LogP) is 2.16. The van der Waals surface area contributed by atoms with Crippen LogP contribution in [0, 0.1) is 10.1 Å². The van der Waals surface area contributed by atoms with Gasteiger partial charge in [-0.15, -0.1) is 0 Å². The lowest BCUT2D eigenvalue weighted by Gasteiger charge is -2.14. The summed E-state index contributed by atoms with van der Waals surface area (Å²) in [5.41, 5.74) is -2.23. The molecular weight excluding hydrogens is 279 g/mol. The molecule has 2 N–H and O–H groups in total. The number of alkyl halides is 3. The van der Waals surface area contributed by atoms with Crippen LogP contribution in [0.4, 0.5) is 24.5 Å². The summed E-state index contributed by atoms with van der Waals surface area (Å²) in [6, 6.07) is 2.30. The third-order valence-corrected chi connectivity index (χ3v) is 2.33. The van der Waals surface area contributed by atoms with Crippen LogP contribution in [0.2, 0.25) is 0 Å². The Morgan fingerprint density at radius 3 is 2.55 bits per heavy atom. The summed E-state index contributed by atoms with van der Waals surface area (Å²) < 4.78 is 38.4. The first-order chi connectivity index (χ1) is 9.25. The lowest BCUT2D eigenvalue weighted by atomic mass is 10.1. The van der Waals surface area contributed by atoms with Gasteiger partial charge in [0, 0.05) is 24.4 Å². The molecule has 0 aliphatic heterocycles. The maximum absolute atomic E-state index is 12.8. The van der Waals surface area contributed by atoms with Gasteiger partial charge in [-0.3, -0.25) is 14.9 Å². The van der Waals surface area contributed by atoms with Gasteiger partial charge < -0.3 is 10.6 Å². The maximum Gasteiger partial charge on any atom is 0.418 e. The fraction of sp³-hybridized carbons (Fsp3) is 0.364. The Balaban J connectivity index is 3.01. The molecule has 0 spiro atoms. The topological polar surface area (TPSA) is 84.3 Å². The summed E-state index contributed by atoms with van der Waals surface area (Å²) in [7, 11) is 0. The highest BCUT2D eigenvalue weighted by Crippen LogP contribution is 2.36. The van der Waals surface area contributed by atoms with Crippen LogP contribution < -0.4 is 10.6 Å². The second kappa shape index (κ2) is 6.22. The summed E-state index contributed by atoms with van der Waals surface area (Å²) in [6.45, 7) is 1.67. The molecule has 0 aromatic heterocycles. The van der Waals surface area contributed by atoms with Gasteiger partial charge in [0.15, 0.2) is 0 Å². The first kappa shape index (κ1) is 15.7. The van der Waals surface area contributed by atoms with Crippen LogP contribution in [-0.4, -0.2) is 23.9 Å². The zero-order valence-electron chi connectivity index (χ0n) is 10.5. The quantitative estimate of drug-likeness (QED) is 0.643. The minimum Gasteiger partial charge on any atom is -0.376 e. The Labute approximate surface area is 112 Å². The molecule has 1 aromatic rings. The number of amides is 1. The number of halogens is 3. The number of hydrogen-bond acceptors (Lipinski definition) is 4. The molecule has 20 heavy (non-hydrogen) atoms. The molecule has 9 heteroatoms. The largest absolute Gasteiger partial charge is 0.418 e. The monoisotopic (exact) mass is 291 g/mol. The second-order valence-electron chi connectivity index (χ2n) is 3.79. The van der Waals surface area contributed by atoms with Crippen LogP contribution in [-0.2, 0) is 11.0 Å². The van der Waals surface area contributed by atoms with Crippen LogP contribution in [0.25, 0.3) is 0 Å². The van der Waals surface area contributed by atoms with Gasteiger partial charge >= 0.3 is 6.18 Å². The molecule has 0 aliphatic carbocycles. The minimum atomic E-state index is -4.75. The molecule has 1 amide bonds. The highest BCUT2D eigenvalue weighted by molar-refractivity contribution is 5.81. The summed E-state index contributed by atoms with van der Waals surface area (Å²) in [5, 5.41) is 15.2. The SMILES string of the molecule is CCNC(=O)CNc1ccc([N+](=O)[O-])cc1C(F)(F)F. The van der Waals surface area contributed by atoms with Crippen molar-refractivity contribution in [1.82, 2.24) is 5.32 Å². The smallest absolute Gasteiger partial charge is 0.376 e. The predicted molar refractivity (Wildman–Crippen MR) is 65.3 cm³/mol. The zero-order valence-corrected chi connectivity index (χ0v) is 10.5. The standard InChI is InChI=1S/C11H12F3N3O3/c1-2-15-10(18)6-16-9-4-3-7(17(19)20)5-8(9)11(12,13)14/h3-5,16H,2,6H2,1H3,(H,15,18). The summed E-state index contributed by atoms with van der Waals surface area (Å²) >= 11 is 0. The number of nitrogens with zero attached hydrogens (tertiary/aromatic N) is 1. The number of carbonyl (C=O) groups excluding carboxylic acids is 1. The van der Waals surface area contributed by atoms with E-state index in [1.807, 2.05) is 0 Å². The number of non-ortho nitro benzene ring substituents is 1. The van der Waals surface area contributed by atoms with Crippen LogP contribution in [0.5, 0.6) is 0 Å². The van der Waals surface area contributed by atoms with Gasteiger partial charge in [-0.25, -0.2) is 0 Å². The number of benzene rings is 1. The molecule has 0 unspecified atom stereocenters. The fourth-order valence-corrected chi connectivity index (χ4v) is 1.47. The van der Waals surface area contributed by atoms with Gasteiger partial charge in [0.25, 0.3) is 5.69 Å². The Kier molecular flexibility index (Phi) is 4.89. The number of nitro benzene ring substituents is 1. The number of likely N-dealkylation sites (N-methyl/N-ethyl adjacent to an activating group) is 1. The fourth-order valence-electron chi connectivity index (χ4n) is 1.47. The molecule has 0 saturated heterocycles. The van der Waals surface area contributed by atoms with E-state index < -0.39 is 28.3 Å². The molecule has 0 atom stereocenters. The third kappa shape index (κ3) is 4.11. The molecule has 0 aliphatic rings. The van der Waals surface area contributed by atoms with Crippen molar-refractivity contribution in [2.75, 3.05) is 18.4 Å². The van der Waals surface area contributed by atoms with Gasteiger partial charge in [0.1, 0.15) is 0 Å². The lowest BCUT2D eigenvalue weighted by molar-refractivity contribution is -0.385. The van der Waals surface area contributed by atoms with Gasteiger partial charge in [-0.1, -0.05) is 0 Å². The summed E-state index contributed by atoms with van der Waals surface area (Å²) in [6.07, 6.45) is -4.75. The normalized spacial score (nSPS) is 11.0. The number of anilines is 1. The molecule has 110 valence electrons. The molecular formula is C11H12F3N3O3. The average molecular weight is 291 g/mol. The van der Waals surface area contributed by atoms with E-state index in [0.717, 1.165) is 12.1 Å². The number of rotatable bonds is 5. The van der Waals surface area contributed by atoms with Crippen molar-refractivity contribution in [2.24, 2.45) is 0 Å².